The van der Waals surface area contributed by atoms with Gasteiger partial charge in [-0.15, -0.1) is 0 Å². The molecule has 1 aromatic rings. The van der Waals surface area contributed by atoms with E-state index in [-0.39, 0.29) is 5.82 Å². The lowest BCUT2D eigenvalue weighted by Crippen LogP contribution is -2.32. The highest BCUT2D eigenvalue weighted by molar-refractivity contribution is 9.10. The van der Waals surface area contributed by atoms with E-state index < -0.39 is 6.04 Å². The van der Waals surface area contributed by atoms with E-state index in [1.54, 1.807) is 6.07 Å². The minimum atomic E-state index is -0.451. The van der Waals surface area contributed by atoms with Crippen LogP contribution in [0, 0.1) is 17.1 Å². The molecule has 0 radical (unpaired) electrons. The van der Waals surface area contributed by atoms with Gasteiger partial charge in [-0.2, -0.15) is 5.26 Å². The van der Waals surface area contributed by atoms with Crippen molar-refractivity contribution in [3.05, 3.63) is 34.1 Å². The molecular formula is C15H18BrFN2. The van der Waals surface area contributed by atoms with Crippen LogP contribution in [0.4, 0.5) is 4.39 Å². The second-order valence-corrected chi connectivity index (χ2v) is 5.94. The fourth-order valence-corrected chi connectivity index (χ4v) is 3.09. The van der Waals surface area contributed by atoms with Crippen molar-refractivity contribution in [3.8, 4) is 6.07 Å². The van der Waals surface area contributed by atoms with Crippen LogP contribution in [0.5, 0.6) is 0 Å². The molecule has 0 amide bonds. The molecule has 0 aromatic heterocycles. The summed E-state index contributed by atoms with van der Waals surface area (Å²) in [6.07, 6.45) is 7.18. The van der Waals surface area contributed by atoms with Crippen molar-refractivity contribution >= 4 is 15.9 Å². The lowest BCUT2D eigenvalue weighted by Gasteiger charge is -2.21. The first-order valence-corrected chi connectivity index (χ1v) is 7.60. The Hall–Kier alpha value is -0.920. The third-order valence-corrected chi connectivity index (χ3v) is 4.38. The van der Waals surface area contributed by atoms with Crippen LogP contribution < -0.4 is 5.32 Å². The van der Waals surface area contributed by atoms with Crippen LogP contribution in [0.3, 0.4) is 0 Å². The monoisotopic (exact) mass is 324 g/mol. The maximum Gasteiger partial charge on any atom is 0.123 e. The molecule has 1 unspecified atom stereocenters. The molecule has 0 bridgehead atoms. The van der Waals surface area contributed by atoms with E-state index in [0.717, 1.165) is 17.3 Å². The van der Waals surface area contributed by atoms with E-state index >= 15 is 0 Å². The molecule has 0 heterocycles. The summed E-state index contributed by atoms with van der Waals surface area (Å²) in [6.45, 7) is 0. The van der Waals surface area contributed by atoms with Crippen molar-refractivity contribution in [1.82, 2.24) is 5.32 Å². The second kappa shape index (κ2) is 7.02. The van der Waals surface area contributed by atoms with Gasteiger partial charge in [0.1, 0.15) is 11.9 Å². The van der Waals surface area contributed by atoms with Gasteiger partial charge in [0.05, 0.1) is 6.07 Å². The maximum absolute atomic E-state index is 13.3. The summed E-state index contributed by atoms with van der Waals surface area (Å²) in [5, 5.41) is 12.7. The Morgan fingerprint density at radius 3 is 2.58 bits per heavy atom. The summed E-state index contributed by atoms with van der Waals surface area (Å²) in [6, 6.07) is 6.64. The molecule has 0 aliphatic heterocycles. The number of rotatable bonds is 3. The fraction of sp³-hybridized carbons (Fsp3) is 0.533. The summed E-state index contributed by atoms with van der Waals surface area (Å²) in [5.41, 5.74) is 0.687. The SMILES string of the molecule is N#CC(NC1CCCCCC1)c1cc(F)ccc1Br. The molecule has 1 atom stereocenters. The molecule has 1 fully saturated rings. The largest absolute Gasteiger partial charge is 0.295 e. The highest BCUT2D eigenvalue weighted by atomic mass is 79.9. The van der Waals surface area contributed by atoms with Crippen LogP contribution in [0.1, 0.15) is 50.1 Å². The van der Waals surface area contributed by atoms with Crippen molar-refractivity contribution in [2.75, 3.05) is 0 Å². The number of nitrogens with zero attached hydrogens (tertiary/aromatic N) is 1. The zero-order valence-corrected chi connectivity index (χ0v) is 12.4. The molecule has 2 nitrogen and oxygen atoms in total. The number of hydrogen-bond acceptors (Lipinski definition) is 2. The Morgan fingerprint density at radius 1 is 1.26 bits per heavy atom. The van der Waals surface area contributed by atoms with Gasteiger partial charge < -0.3 is 0 Å². The Kier molecular flexibility index (Phi) is 5.35. The van der Waals surface area contributed by atoms with Gasteiger partial charge in [-0.1, -0.05) is 41.6 Å². The number of nitriles is 1. The van der Waals surface area contributed by atoms with Crippen LogP contribution in [0.15, 0.2) is 22.7 Å². The van der Waals surface area contributed by atoms with Crippen LogP contribution in [0.2, 0.25) is 0 Å². The van der Waals surface area contributed by atoms with Gasteiger partial charge >= 0.3 is 0 Å². The summed E-state index contributed by atoms with van der Waals surface area (Å²) in [5.74, 6) is -0.305. The first-order chi connectivity index (χ1) is 9.20. The van der Waals surface area contributed by atoms with Crippen LogP contribution >= 0.6 is 15.9 Å². The minimum absolute atomic E-state index is 0.305. The first-order valence-electron chi connectivity index (χ1n) is 6.81. The summed E-state index contributed by atoms with van der Waals surface area (Å²) < 4.78 is 14.1. The lowest BCUT2D eigenvalue weighted by molar-refractivity contribution is 0.435. The highest BCUT2D eigenvalue weighted by Crippen LogP contribution is 2.26. The van der Waals surface area contributed by atoms with Gasteiger partial charge in [0.25, 0.3) is 0 Å². The molecule has 2 rings (SSSR count). The Morgan fingerprint density at radius 2 is 1.95 bits per heavy atom. The van der Waals surface area contributed by atoms with Gasteiger partial charge in [-0.25, -0.2) is 4.39 Å². The lowest BCUT2D eigenvalue weighted by atomic mass is 10.0. The van der Waals surface area contributed by atoms with Crippen molar-refractivity contribution in [1.29, 1.82) is 5.26 Å². The number of benzene rings is 1. The average molecular weight is 325 g/mol. The fourth-order valence-electron chi connectivity index (χ4n) is 2.61. The molecule has 1 aliphatic rings. The summed E-state index contributed by atoms with van der Waals surface area (Å²) in [4.78, 5) is 0. The molecular weight excluding hydrogens is 307 g/mol. The molecule has 1 aromatic carbocycles. The molecule has 1 N–H and O–H groups in total. The smallest absolute Gasteiger partial charge is 0.123 e. The molecule has 4 heteroatoms. The van der Waals surface area contributed by atoms with Gasteiger partial charge in [-0.05, 0) is 31.0 Å². The predicted molar refractivity (Wildman–Crippen MR) is 77.1 cm³/mol. The second-order valence-electron chi connectivity index (χ2n) is 5.08. The summed E-state index contributed by atoms with van der Waals surface area (Å²) >= 11 is 3.39. The molecule has 19 heavy (non-hydrogen) atoms. The predicted octanol–water partition coefficient (Wildman–Crippen LogP) is 4.47. The number of halogens is 2. The van der Waals surface area contributed by atoms with Crippen molar-refractivity contribution in [3.63, 3.8) is 0 Å². The quantitative estimate of drug-likeness (QED) is 0.833. The van der Waals surface area contributed by atoms with Crippen molar-refractivity contribution < 1.29 is 4.39 Å². The van der Waals surface area contributed by atoms with Crippen molar-refractivity contribution in [2.24, 2.45) is 0 Å². The Labute approximate surface area is 122 Å². The third kappa shape index (κ3) is 4.02. The van der Waals surface area contributed by atoms with Crippen LogP contribution in [0.25, 0.3) is 0 Å². The van der Waals surface area contributed by atoms with Crippen molar-refractivity contribution in [2.45, 2.75) is 50.6 Å². The van der Waals surface area contributed by atoms with E-state index in [4.69, 9.17) is 0 Å². The minimum Gasteiger partial charge on any atom is -0.295 e. The average Bonchev–Trinajstić information content (AvgIpc) is 2.67. The van der Waals surface area contributed by atoms with E-state index in [1.165, 1.54) is 37.8 Å². The molecule has 1 aliphatic carbocycles. The van der Waals surface area contributed by atoms with E-state index in [2.05, 4.69) is 27.3 Å². The maximum atomic E-state index is 13.3. The molecule has 102 valence electrons. The van der Waals surface area contributed by atoms with E-state index in [0.29, 0.717) is 11.6 Å². The highest BCUT2D eigenvalue weighted by Gasteiger charge is 2.20. The third-order valence-electron chi connectivity index (χ3n) is 3.66. The van der Waals surface area contributed by atoms with Crippen LogP contribution in [-0.2, 0) is 0 Å². The number of hydrogen-bond donors (Lipinski definition) is 1. The van der Waals surface area contributed by atoms with Crippen LogP contribution in [-0.4, -0.2) is 6.04 Å². The zero-order valence-electron chi connectivity index (χ0n) is 10.8. The summed E-state index contributed by atoms with van der Waals surface area (Å²) in [7, 11) is 0. The molecule has 0 spiro atoms. The number of nitrogens with one attached hydrogen (secondary N) is 1. The molecule has 0 saturated heterocycles. The topological polar surface area (TPSA) is 35.8 Å². The Balaban J connectivity index is 2.11. The standard InChI is InChI=1S/C15H18BrFN2/c16-14-8-7-11(17)9-13(14)15(10-18)19-12-5-3-1-2-4-6-12/h7-9,12,15,19H,1-6H2. The normalized spacial score (nSPS) is 18.6. The zero-order chi connectivity index (χ0) is 13.7. The van der Waals surface area contributed by atoms with Gasteiger partial charge in [0.2, 0.25) is 0 Å². The van der Waals surface area contributed by atoms with E-state index in [1.807, 2.05) is 0 Å². The van der Waals surface area contributed by atoms with Gasteiger partial charge in [0, 0.05) is 16.1 Å². The van der Waals surface area contributed by atoms with Gasteiger partial charge in [0.15, 0.2) is 0 Å². The molecule has 1 saturated carbocycles. The van der Waals surface area contributed by atoms with Gasteiger partial charge in [-0.3, -0.25) is 5.32 Å². The first kappa shape index (κ1) is 14.5. The Bertz CT molecular complexity index is 462. The van der Waals surface area contributed by atoms with E-state index in [9.17, 15) is 9.65 Å².